The summed E-state index contributed by atoms with van der Waals surface area (Å²) in [6.45, 7) is 3.89. The number of phenols is 1. The zero-order valence-corrected chi connectivity index (χ0v) is 22.9. The van der Waals surface area contributed by atoms with Gasteiger partial charge in [-0.2, -0.15) is 0 Å². The van der Waals surface area contributed by atoms with Gasteiger partial charge in [0.15, 0.2) is 0 Å². The van der Waals surface area contributed by atoms with E-state index in [1.165, 1.54) is 16.2 Å². The van der Waals surface area contributed by atoms with Crippen molar-refractivity contribution in [2.24, 2.45) is 17.8 Å². The molecule has 8 heteroatoms. The third kappa shape index (κ3) is 5.37. The van der Waals surface area contributed by atoms with Crippen molar-refractivity contribution < 1.29 is 24.9 Å². The average molecular weight is 575 g/mol. The van der Waals surface area contributed by atoms with Crippen molar-refractivity contribution in [3.8, 4) is 5.75 Å². The minimum atomic E-state index is -0.830. The number of aromatic hydroxyl groups is 1. The fraction of sp³-hybridized carbons (Fsp3) is 0.429. The van der Waals surface area contributed by atoms with Crippen LogP contribution >= 0.6 is 27.3 Å². The Morgan fingerprint density at radius 1 is 1.28 bits per heavy atom. The van der Waals surface area contributed by atoms with Gasteiger partial charge in [0.25, 0.3) is 0 Å². The number of carbonyl (C=O) groups excluding carboxylic acids is 2. The van der Waals surface area contributed by atoms with Gasteiger partial charge < -0.3 is 15.3 Å². The summed E-state index contributed by atoms with van der Waals surface area (Å²) in [6, 6.07) is 9.06. The van der Waals surface area contributed by atoms with Crippen LogP contribution in [0, 0.1) is 17.8 Å². The summed E-state index contributed by atoms with van der Waals surface area (Å²) < 4.78 is 0.870. The predicted molar refractivity (Wildman–Crippen MR) is 144 cm³/mol. The first-order chi connectivity index (χ1) is 17.2. The lowest BCUT2D eigenvalue weighted by atomic mass is 9.68. The normalized spacial score (nSPS) is 23.4. The molecule has 2 heterocycles. The first kappa shape index (κ1) is 26.8. The molecular weight excluding hydrogens is 542 g/mol. The summed E-state index contributed by atoms with van der Waals surface area (Å²) in [6.07, 6.45) is 3.32. The number of halogens is 1. The zero-order valence-electron chi connectivity index (χ0n) is 20.5. The van der Waals surface area contributed by atoms with Crippen LogP contribution in [0.15, 0.2) is 56.9 Å². The van der Waals surface area contributed by atoms with Crippen LogP contribution in [0.2, 0.25) is 0 Å². The number of nitrogens with zero attached hydrogens (tertiary/aromatic N) is 1. The fourth-order valence-electron chi connectivity index (χ4n) is 5.59. The highest BCUT2D eigenvalue weighted by Gasteiger charge is 2.54. The first-order valence-corrected chi connectivity index (χ1v) is 14.0. The van der Waals surface area contributed by atoms with Crippen molar-refractivity contribution in [1.82, 2.24) is 4.90 Å². The van der Waals surface area contributed by atoms with Crippen LogP contribution in [0.25, 0.3) is 6.08 Å². The SMILES string of the molecule is CC/C(=C\c1cc(Br)ccc1O)CC[C@@H](O)C1=C(C)C[C@H]2C(=O)N(Cc3cccs3)C(=O)[C@H]2[C@H]1CO. The van der Waals surface area contributed by atoms with Crippen molar-refractivity contribution in [3.05, 3.63) is 67.3 Å². The van der Waals surface area contributed by atoms with Gasteiger partial charge in [-0.05, 0) is 67.8 Å². The summed E-state index contributed by atoms with van der Waals surface area (Å²) in [4.78, 5) is 28.8. The maximum Gasteiger partial charge on any atom is 0.234 e. The molecular formula is C28H32BrNO5S. The molecule has 192 valence electrons. The average Bonchev–Trinajstić information content (AvgIpc) is 3.45. The van der Waals surface area contributed by atoms with Crippen LogP contribution in [0.4, 0.5) is 0 Å². The van der Waals surface area contributed by atoms with Gasteiger partial charge in [-0.3, -0.25) is 14.5 Å². The molecule has 2 aliphatic rings. The molecule has 1 aliphatic heterocycles. The smallest absolute Gasteiger partial charge is 0.234 e. The van der Waals surface area contributed by atoms with Crippen molar-refractivity contribution in [3.63, 3.8) is 0 Å². The second-order valence-electron chi connectivity index (χ2n) is 9.62. The molecule has 4 rings (SSSR count). The third-order valence-corrected chi connectivity index (χ3v) is 8.77. The topological polar surface area (TPSA) is 98.1 Å². The van der Waals surface area contributed by atoms with Crippen LogP contribution in [-0.2, 0) is 16.1 Å². The van der Waals surface area contributed by atoms with Gasteiger partial charge in [-0.15, -0.1) is 11.3 Å². The Labute approximate surface area is 224 Å². The Hall–Kier alpha value is -2.26. The van der Waals surface area contributed by atoms with E-state index in [4.69, 9.17) is 0 Å². The quantitative estimate of drug-likeness (QED) is 0.280. The number of aliphatic hydroxyl groups excluding tert-OH is 2. The monoisotopic (exact) mass is 573 g/mol. The van der Waals surface area contributed by atoms with E-state index in [9.17, 15) is 24.9 Å². The molecule has 1 saturated heterocycles. The number of fused-ring (bicyclic) bond motifs is 1. The Bertz CT molecular complexity index is 1190. The van der Waals surface area contributed by atoms with E-state index in [0.29, 0.717) is 30.4 Å². The number of allylic oxidation sites excluding steroid dienone is 2. The summed E-state index contributed by atoms with van der Waals surface area (Å²) in [5.74, 6) is -1.96. The van der Waals surface area contributed by atoms with Crippen LogP contribution in [-0.4, -0.2) is 44.7 Å². The summed E-state index contributed by atoms with van der Waals surface area (Å²) in [5.41, 5.74) is 3.36. The number of carbonyl (C=O) groups is 2. The van der Waals surface area contributed by atoms with Gasteiger partial charge in [0, 0.05) is 20.8 Å². The van der Waals surface area contributed by atoms with E-state index in [-0.39, 0.29) is 30.7 Å². The second kappa shape index (κ2) is 11.4. The van der Waals surface area contributed by atoms with Crippen molar-refractivity contribution >= 4 is 45.2 Å². The van der Waals surface area contributed by atoms with Gasteiger partial charge in [-0.1, -0.05) is 46.1 Å². The highest BCUT2D eigenvalue weighted by Crippen LogP contribution is 2.46. The van der Waals surface area contributed by atoms with Gasteiger partial charge >= 0.3 is 0 Å². The van der Waals surface area contributed by atoms with E-state index < -0.39 is 23.9 Å². The molecule has 1 fully saturated rings. The maximum absolute atomic E-state index is 13.4. The van der Waals surface area contributed by atoms with Gasteiger partial charge in [0.2, 0.25) is 11.8 Å². The maximum atomic E-state index is 13.4. The molecule has 3 N–H and O–H groups in total. The molecule has 1 aromatic heterocycles. The van der Waals surface area contributed by atoms with Crippen molar-refractivity contribution in [2.75, 3.05) is 6.61 Å². The number of phenolic OH excluding ortho intramolecular Hbond substituents is 1. The standard InChI is InChI=1S/C28H32BrNO5S/c1-3-17(12-18-13-19(29)7-9-23(18)32)6-8-24(33)25-16(2)11-21-26(22(25)15-31)28(35)30(27(21)34)14-20-5-4-10-36-20/h4-5,7,9-10,12-13,21-22,24,26,31-33H,3,6,8,11,14-15H2,1-2H3/b17-12+/t21-,22+,24-,26-/m1/s1. The first-order valence-electron chi connectivity index (χ1n) is 12.3. The van der Waals surface area contributed by atoms with Crippen LogP contribution in [0.5, 0.6) is 5.75 Å². The lowest BCUT2D eigenvalue weighted by molar-refractivity contribution is -0.140. The second-order valence-corrected chi connectivity index (χ2v) is 11.6. The number of benzene rings is 1. The number of hydrogen-bond donors (Lipinski definition) is 3. The number of amides is 2. The van der Waals surface area contributed by atoms with Crippen LogP contribution < -0.4 is 0 Å². The number of hydrogen-bond acceptors (Lipinski definition) is 6. The third-order valence-electron chi connectivity index (χ3n) is 7.41. The molecule has 2 aromatic rings. The molecule has 1 aliphatic carbocycles. The molecule has 0 spiro atoms. The fourth-order valence-corrected chi connectivity index (χ4v) is 6.66. The Kier molecular flexibility index (Phi) is 8.50. The zero-order chi connectivity index (χ0) is 26.0. The minimum Gasteiger partial charge on any atom is -0.507 e. The molecule has 36 heavy (non-hydrogen) atoms. The molecule has 1 aromatic carbocycles. The molecule has 4 atom stereocenters. The molecule has 0 radical (unpaired) electrons. The number of aliphatic hydroxyl groups is 2. The number of rotatable bonds is 9. The summed E-state index contributed by atoms with van der Waals surface area (Å²) in [7, 11) is 0. The molecule has 2 amide bonds. The highest BCUT2D eigenvalue weighted by atomic mass is 79.9. The lowest BCUT2D eigenvalue weighted by Gasteiger charge is -2.35. The summed E-state index contributed by atoms with van der Waals surface area (Å²) in [5, 5.41) is 33.7. The van der Waals surface area contributed by atoms with Crippen molar-refractivity contribution in [2.45, 2.75) is 52.2 Å². The molecule has 0 bridgehead atoms. The van der Waals surface area contributed by atoms with Gasteiger partial charge in [-0.25, -0.2) is 0 Å². The van der Waals surface area contributed by atoms with Crippen LogP contribution in [0.3, 0.4) is 0 Å². The highest BCUT2D eigenvalue weighted by molar-refractivity contribution is 9.10. The van der Waals surface area contributed by atoms with E-state index in [1.807, 2.05) is 43.5 Å². The van der Waals surface area contributed by atoms with Gasteiger partial charge in [0.05, 0.1) is 31.1 Å². The van der Waals surface area contributed by atoms with Gasteiger partial charge in [0.1, 0.15) is 5.75 Å². The Morgan fingerprint density at radius 3 is 2.72 bits per heavy atom. The Morgan fingerprint density at radius 2 is 2.06 bits per heavy atom. The van der Waals surface area contributed by atoms with E-state index in [1.54, 1.807) is 12.1 Å². The Balaban J connectivity index is 1.51. The number of likely N-dealkylation sites (tertiary alicyclic amines) is 1. The van der Waals surface area contributed by atoms with E-state index in [0.717, 1.165) is 26.9 Å². The number of thiophene rings is 1. The predicted octanol–water partition coefficient (Wildman–Crippen LogP) is 5.28. The van der Waals surface area contributed by atoms with E-state index in [2.05, 4.69) is 15.9 Å². The summed E-state index contributed by atoms with van der Waals surface area (Å²) >= 11 is 4.93. The van der Waals surface area contributed by atoms with Crippen LogP contribution in [0.1, 0.15) is 50.0 Å². The van der Waals surface area contributed by atoms with Crippen molar-refractivity contribution in [1.29, 1.82) is 0 Å². The minimum absolute atomic E-state index is 0.185. The largest absolute Gasteiger partial charge is 0.507 e. The number of imide groups is 1. The molecule has 0 unspecified atom stereocenters. The molecule has 6 nitrogen and oxygen atoms in total. The molecule has 0 saturated carbocycles. The lowest BCUT2D eigenvalue weighted by Crippen LogP contribution is -2.38. The van der Waals surface area contributed by atoms with E-state index >= 15 is 0 Å².